The molecule has 0 aliphatic heterocycles. The van der Waals surface area contributed by atoms with Gasteiger partial charge >= 0.3 is 0 Å². The smallest absolute Gasteiger partial charge is 0.145 e. The molecule has 0 amide bonds. The molecule has 2 aromatic rings. The van der Waals surface area contributed by atoms with Crippen molar-refractivity contribution in [1.29, 1.82) is 0 Å². The van der Waals surface area contributed by atoms with Crippen LogP contribution in [-0.2, 0) is 13.0 Å². The average molecular weight is 260 g/mol. The van der Waals surface area contributed by atoms with E-state index in [0.29, 0.717) is 12.3 Å². The second kappa shape index (κ2) is 5.01. The number of ether oxygens (including phenoxy) is 1. The Balaban J connectivity index is 1.75. The van der Waals surface area contributed by atoms with Crippen LogP contribution >= 0.6 is 0 Å². The van der Waals surface area contributed by atoms with Crippen molar-refractivity contribution in [2.75, 3.05) is 0 Å². The zero-order chi connectivity index (χ0) is 13.2. The normalized spacial score (nSPS) is 18.1. The fourth-order valence-electron chi connectivity index (χ4n) is 2.37. The van der Waals surface area contributed by atoms with Crippen molar-refractivity contribution in [2.45, 2.75) is 38.9 Å². The summed E-state index contributed by atoms with van der Waals surface area (Å²) >= 11 is 0. The third-order valence-electron chi connectivity index (χ3n) is 3.52. The van der Waals surface area contributed by atoms with Gasteiger partial charge in [0, 0.05) is 0 Å². The van der Waals surface area contributed by atoms with Crippen LogP contribution in [0.25, 0.3) is 0 Å². The van der Waals surface area contributed by atoms with Gasteiger partial charge in [-0.05, 0) is 49.4 Å². The minimum atomic E-state index is -0.372. The van der Waals surface area contributed by atoms with E-state index >= 15 is 0 Å². The maximum Gasteiger partial charge on any atom is 0.145 e. The molecule has 1 N–H and O–H groups in total. The molecule has 0 radical (unpaired) electrons. The number of hydrogen-bond acceptors (Lipinski definition) is 5. The van der Waals surface area contributed by atoms with Gasteiger partial charge in [0.05, 0.1) is 6.10 Å². The van der Waals surface area contributed by atoms with E-state index in [0.717, 1.165) is 36.3 Å². The van der Waals surface area contributed by atoms with E-state index in [-0.39, 0.29) is 6.10 Å². The summed E-state index contributed by atoms with van der Waals surface area (Å²) in [6.45, 7) is 2.15. The first-order chi connectivity index (χ1) is 9.24. The first kappa shape index (κ1) is 12.2. The molecule has 0 saturated heterocycles. The van der Waals surface area contributed by atoms with Crippen LogP contribution in [0.15, 0.2) is 22.8 Å². The van der Waals surface area contributed by atoms with Gasteiger partial charge in [0.1, 0.15) is 23.7 Å². The maximum absolute atomic E-state index is 9.99. The van der Waals surface area contributed by atoms with Crippen LogP contribution in [-0.4, -0.2) is 15.4 Å². The van der Waals surface area contributed by atoms with Gasteiger partial charge in [-0.15, -0.1) is 0 Å². The molecule has 1 aromatic heterocycles. The Kier molecular flexibility index (Phi) is 3.21. The Bertz CT molecular complexity index is 580. The molecule has 19 heavy (non-hydrogen) atoms. The van der Waals surface area contributed by atoms with Gasteiger partial charge in [0.15, 0.2) is 0 Å². The Morgan fingerprint density at radius 2 is 2.32 bits per heavy atom. The zero-order valence-corrected chi connectivity index (χ0v) is 10.8. The lowest BCUT2D eigenvalue weighted by Gasteiger charge is -2.21. The summed E-state index contributed by atoms with van der Waals surface area (Å²) in [5, 5.41) is 17.5. The van der Waals surface area contributed by atoms with Gasteiger partial charge in [-0.2, -0.15) is 0 Å². The number of benzene rings is 1. The lowest BCUT2D eigenvalue weighted by molar-refractivity contribution is 0.156. The highest BCUT2D eigenvalue weighted by Crippen LogP contribution is 2.32. The summed E-state index contributed by atoms with van der Waals surface area (Å²) < 4.78 is 10.3. The van der Waals surface area contributed by atoms with E-state index in [1.165, 1.54) is 5.56 Å². The average Bonchev–Trinajstić information content (AvgIpc) is 2.83. The van der Waals surface area contributed by atoms with Crippen LogP contribution in [0.3, 0.4) is 0 Å². The topological polar surface area (TPSA) is 68.4 Å². The van der Waals surface area contributed by atoms with E-state index < -0.39 is 0 Å². The molecule has 0 fully saturated rings. The largest absolute Gasteiger partial charge is 0.487 e. The first-order valence-electron chi connectivity index (χ1n) is 6.46. The lowest BCUT2D eigenvalue weighted by atomic mass is 9.89. The second-order valence-corrected chi connectivity index (χ2v) is 4.85. The molecule has 100 valence electrons. The number of nitrogens with zero attached hydrogens (tertiary/aromatic N) is 2. The molecule has 0 saturated carbocycles. The highest BCUT2D eigenvalue weighted by Gasteiger charge is 2.18. The van der Waals surface area contributed by atoms with Crippen molar-refractivity contribution < 1.29 is 14.5 Å². The van der Waals surface area contributed by atoms with Crippen LogP contribution < -0.4 is 4.74 Å². The quantitative estimate of drug-likeness (QED) is 0.917. The summed E-state index contributed by atoms with van der Waals surface area (Å²) in [6.07, 6.45) is 2.52. The van der Waals surface area contributed by atoms with Gasteiger partial charge < -0.3 is 9.84 Å². The van der Waals surface area contributed by atoms with Crippen LogP contribution in [0.2, 0.25) is 0 Å². The molecule has 0 bridgehead atoms. The fourth-order valence-corrected chi connectivity index (χ4v) is 2.37. The zero-order valence-electron chi connectivity index (χ0n) is 10.8. The van der Waals surface area contributed by atoms with Crippen LogP contribution in [0, 0.1) is 6.92 Å². The van der Waals surface area contributed by atoms with Crippen LogP contribution in [0.5, 0.6) is 5.75 Å². The van der Waals surface area contributed by atoms with Crippen molar-refractivity contribution in [2.24, 2.45) is 0 Å². The molecule has 1 aliphatic carbocycles. The Hall–Kier alpha value is -1.88. The SMILES string of the molecule is Cc1nonc1COc1ccc2c(c1)[C@@H](O)CCC2. The summed E-state index contributed by atoms with van der Waals surface area (Å²) in [5.41, 5.74) is 3.63. The van der Waals surface area contributed by atoms with Crippen molar-refractivity contribution >= 4 is 0 Å². The van der Waals surface area contributed by atoms with Gasteiger partial charge in [0.25, 0.3) is 0 Å². The van der Waals surface area contributed by atoms with E-state index in [4.69, 9.17) is 4.74 Å². The maximum atomic E-state index is 9.99. The first-order valence-corrected chi connectivity index (χ1v) is 6.46. The predicted molar refractivity (Wildman–Crippen MR) is 67.7 cm³/mol. The van der Waals surface area contributed by atoms with Crippen molar-refractivity contribution in [3.8, 4) is 5.75 Å². The molecule has 5 heteroatoms. The third-order valence-corrected chi connectivity index (χ3v) is 3.52. The summed E-state index contributed by atoms with van der Waals surface area (Å²) in [5.74, 6) is 0.738. The van der Waals surface area contributed by atoms with Gasteiger partial charge in [-0.25, -0.2) is 4.63 Å². The van der Waals surface area contributed by atoms with Crippen molar-refractivity contribution in [3.05, 3.63) is 40.7 Å². The number of fused-ring (bicyclic) bond motifs is 1. The standard InChI is InChI=1S/C14H16N2O3/c1-9-13(16-19-15-9)8-18-11-6-5-10-3-2-4-14(17)12(10)7-11/h5-7,14,17H,2-4,8H2,1H3/t14-/m0/s1. The van der Waals surface area contributed by atoms with Crippen molar-refractivity contribution in [3.63, 3.8) is 0 Å². The van der Waals surface area contributed by atoms with E-state index in [1.54, 1.807) is 0 Å². The molecule has 1 aromatic carbocycles. The Morgan fingerprint density at radius 1 is 1.42 bits per heavy atom. The van der Waals surface area contributed by atoms with E-state index in [1.807, 2.05) is 25.1 Å². The highest BCUT2D eigenvalue weighted by molar-refractivity contribution is 5.38. The molecular weight excluding hydrogens is 244 g/mol. The predicted octanol–water partition coefficient (Wildman–Crippen LogP) is 2.33. The van der Waals surface area contributed by atoms with Crippen LogP contribution in [0.4, 0.5) is 0 Å². The summed E-state index contributed by atoms with van der Waals surface area (Å²) in [6, 6.07) is 5.88. The number of aliphatic hydroxyl groups excluding tert-OH is 1. The minimum Gasteiger partial charge on any atom is -0.487 e. The Morgan fingerprint density at radius 3 is 3.11 bits per heavy atom. The molecule has 1 heterocycles. The molecule has 5 nitrogen and oxygen atoms in total. The molecular formula is C14H16N2O3. The lowest BCUT2D eigenvalue weighted by Crippen LogP contribution is -2.09. The Labute approximate surface area is 111 Å². The molecule has 0 spiro atoms. The second-order valence-electron chi connectivity index (χ2n) is 4.85. The number of aliphatic hydroxyl groups is 1. The molecule has 1 aliphatic rings. The molecule has 1 atom stereocenters. The van der Waals surface area contributed by atoms with E-state index in [9.17, 15) is 5.11 Å². The third kappa shape index (κ3) is 2.46. The molecule has 0 unspecified atom stereocenters. The highest BCUT2D eigenvalue weighted by atomic mass is 16.6. The number of aromatic nitrogens is 2. The monoisotopic (exact) mass is 260 g/mol. The van der Waals surface area contributed by atoms with E-state index in [2.05, 4.69) is 14.9 Å². The number of aryl methyl sites for hydroxylation is 2. The minimum absolute atomic E-state index is 0.324. The number of hydrogen-bond donors (Lipinski definition) is 1. The number of rotatable bonds is 3. The fraction of sp³-hybridized carbons (Fsp3) is 0.429. The summed E-state index contributed by atoms with van der Waals surface area (Å²) in [4.78, 5) is 0. The van der Waals surface area contributed by atoms with Gasteiger partial charge in [-0.1, -0.05) is 16.4 Å². The van der Waals surface area contributed by atoms with Gasteiger partial charge in [0.2, 0.25) is 0 Å². The van der Waals surface area contributed by atoms with Crippen LogP contribution in [0.1, 0.15) is 41.5 Å². The molecule has 3 rings (SSSR count). The summed E-state index contributed by atoms with van der Waals surface area (Å²) in [7, 11) is 0. The van der Waals surface area contributed by atoms with Gasteiger partial charge in [-0.3, -0.25) is 0 Å². The van der Waals surface area contributed by atoms with Crippen molar-refractivity contribution in [1.82, 2.24) is 10.3 Å².